The summed E-state index contributed by atoms with van der Waals surface area (Å²) in [5.74, 6) is -0.684. The molecule has 0 saturated heterocycles. The molecule has 6 nitrogen and oxygen atoms in total. The highest BCUT2D eigenvalue weighted by atomic mass is 16.3. The Morgan fingerprint density at radius 2 is 1.12 bits per heavy atom. The third-order valence-electron chi connectivity index (χ3n) is 5.51. The molecule has 6 heteroatoms. The van der Waals surface area contributed by atoms with Crippen LogP contribution in [0.3, 0.4) is 0 Å². The van der Waals surface area contributed by atoms with Crippen molar-refractivity contribution in [3.05, 3.63) is 35.4 Å². The molecule has 0 aliphatic heterocycles. The van der Waals surface area contributed by atoms with Gasteiger partial charge in [0.1, 0.15) is 0 Å². The Hall–Kier alpha value is -1.92. The summed E-state index contributed by atoms with van der Waals surface area (Å²) in [6, 6.07) is 6.14. The summed E-state index contributed by atoms with van der Waals surface area (Å²) in [4.78, 5) is 25.4. The van der Waals surface area contributed by atoms with E-state index >= 15 is 0 Å². The zero-order chi connectivity index (χ0) is 18.5. The van der Waals surface area contributed by atoms with Gasteiger partial charge in [-0.15, -0.1) is 0 Å². The summed E-state index contributed by atoms with van der Waals surface area (Å²) in [5, 5.41) is 25.9. The lowest BCUT2D eigenvalue weighted by Gasteiger charge is -2.29. The van der Waals surface area contributed by atoms with Gasteiger partial charge in [-0.1, -0.05) is 37.8 Å². The van der Waals surface area contributed by atoms with Crippen molar-refractivity contribution in [3.8, 4) is 0 Å². The lowest BCUT2D eigenvalue weighted by molar-refractivity contribution is 0.0696. The van der Waals surface area contributed by atoms with Gasteiger partial charge in [0.15, 0.2) is 0 Å². The van der Waals surface area contributed by atoms with Crippen LogP contribution >= 0.6 is 0 Å². The first-order valence-corrected chi connectivity index (χ1v) is 9.63. The molecule has 0 spiro atoms. The molecule has 0 heterocycles. The van der Waals surface area contributed by atoms with E-state index in [1.807, 2.05) is 0 Å². The molecule has 1 aromatic rings. The number of hydrogen-bond donors (Lipinski definition) is 4. The maximum absolute atomic E-state index is 12.7. The van der Waals surface area contributed by atoms with Gasteiger partial charge in [0.05, 0.1) is 35.4 Å². The van der Waals surface area contributed by atoms with Crippen LogP contribution in [0.25, 0.3) is 0 Å². The Balaban J connectivity index is 1.70. The number of amides is 2. The van der Waals surface area contributed by atoms with Crippen LogP contribution < -0.4 is 10.6 Å². The second-order valence-corrected chi connectivity index (χ2v) is 7.41. The van der Waals surface area contributed by atoms with E-state index in [0.717, 1.165) is 38.5 Å². The van der Waals surface area contributed by atoms with E-state index < -0.39 is 12.2 Å². The van der Waals surface area contributed by atoms with E-state index in [4.69, 9.17) is 0 Å². The molecule has 0 bridgehead atoms. The molecule has 26 heavy (non-hydrogen) atoms. The average Bonchev–Trinajstić information content (AvgIpc) is 2.65. The molecule has 2 aliphatic carbocycles. The van der Waals surface area contributed by atoms with Crippen LogP contribution in [0.2, 0.25) is 0 Å². The average molecular weight is 360 g/mol. The zero-order valence-electron chi connectivity index (χ0n) is 15.0. The minimum absolute atomic E-state index is 0.271. The van der Waals surface area contributed by atoms with Gasteiger partial charge in [0, 0.05) is 0 Å². The summed E-state index contributed by atoms with van der Waals surface area (Å²) in [5.41, 5.74) is 0.598. The molecule has 4 atom stereocenters. The number of aliphatic hydroxyl groups is 2. The highest BCUT2D eigenvalue weighted by Crippen LogP contribution is 2.21. The summed E-state index contributed by atoms with van der Waals surface area (Å²) in [7, 11) is 0. The highest BCUT2D eigenvalue weighted by molar-refractivity contribution is 6.07. The highest BCUT2D eigenvalue weighted by Gasteiger charge is 2.28. The van der Waals surface area contributed by atoms with Gasteiger partial charge in [-0.05, 0) is 37.8 Å². The molecular formula is C20H28N2O4. The molecule has 3 rings (SSSR count). The zero-order valence-corrected chi connectivity index (χ0v) is 15.0. The maximum Gasteiger partial charge on any atom is 0.252 e. The molecule has 0 radical (unpaired) electrons. The molecule has 2 aliphatic rings. The second-order valence-electron chi connectivity index (χ2n) is 7.41. The smallest absolute Gasteiger partial charge is 0.252 e. The third kappa shape index (κ3) is 4.43. The molecule has 2 amide bonds. The van der Waals surface area contributed by atoms with Gasteiger partial charge in [0.25, 0.3) is 11.8 Å². The number of aliphatic hydroxyl groups excluding tert-OH is 2. The van der Waals surface area contributed by atoms with Crippen LogP contribution in [0, 0.1) is 0 Å². The quantitative estimate of drug-likeness (QED) is 0.657. The molecule has 2 saturated carbocycles. The summed E-state index contributed by atoms with van der Waals surface area (Å²) in [6.07, 6.45) is 5.68. The third-order valence-corrected chi connectivity index (χ3v) is 5.51. The SMILES string of the molecule is O=C(N[C@H]1CCCC[C@H]1O)c1ccccc1C(=O)N[C@@H]1CCCC[C@@H]1O. The first-order chi connectivity index (χ1) is 12.6. The Labute approximate surface area is 154 Å². The molecule has 1 aromatic carbocycles. The molecule has 4 N–H and O–H groups in total. The molecule has 0 unspecified atom stereocenters. The molecule has 2 fully saturated rings. The number of carbonyl (C=O) groups is 2. The first-order valence-electron chi connectivity index (χ1n) is 9.63. The van der Waals surface area contributed by atoms with Crippen molar-refractivity contribution in [2.45, 2.75) is 75.7 Å². The maximum atomic E-state index is 12.7. The van der Waals surface area contributed by atoms with Gasteiger partial charge in [-0.25, -0.2) is 0 Å². The number of rotatable bonds is 4. The van der Waals surface area contributed by atoms with Crippen LogP contribution in [-0.4, -0.2) is 46.3 Å². The number of hydrogen-bond acceptors (Lipinski definition) is 4. The minimum Gasteiger partial charge on any atom is -0.391 e. The molecule has 142 valence electrons. The Kier molecular flexibility index (Phi) is 6.27. The van der Waals surface area contributed by atoms with Crippen LogP contribution in [0.5, 0.6) is 0 Å². The van der Waals surface area contributed by atoms with Gasteiger partial charge >= 0.3 is 0 Å². The lowest BCUT2D eigenvalue weighted by Crippen LogP contribution is -2.47. The van der Waals surface area contributed by atoms with E-state index in [9.17, 15) is 19.8 Å². The second kappa shape index (κ2) is 8.64. The van der Waals surface area contributed by atoms with E-state index in [2.05, 4.69) is 10.6 Å². The van der Waals surface area contributed by atoms with Crippen molar-refractivity contribution in [2.24, 2.45) is 0 Å². The van der Waals surface area contributed by atoms with Crippen molar-refractivity contribution in [1.29, 1.82) is 0 Å². The summed E-state index contributed by atoms with van der Waals surface area (Å²) < 4.78 is 0. The predicted molar refractivity (Wildman–Crippen MR) is 97.9 cm³/mol. The van der Waals surface area contributed by atoms with Gasteiger partial charge in [0.2, 0.25) is 0 Å². The first kappa shape index (κ1) is 18.9. The Morgan fingerprint density at radius 1 is 0.731 bits per heavy atom. The lowest BCUT2D eigenvalue weighted by atomic mass is 9.91. The van der Waals surface area contributed by atoms with Crippen molar-refractivity contribution >= 4 is 11.8 Å². The summed E-state index contributed by atoms with van der Waals surface area (Å²) >= 11 is 0. The van der Waals surface area contributed by atoms with Crippen LogP contribution in [-0.2, 0) is 0 Å². The van der Waals surface area contributed by atoms with Crippen molar-refractivity contribution in [3.63, 3.8) is 0 Å². The van der Waals surface area contributed by atoms with Crippen LogP contribution in [0.4, 0.5) is 0 Å². The molecular weight excluding hydrogens is 332 g/mol. The van der Waals surface area contributed by atoms with E-state index in [1.165, 1.54) is 0 Å². The number of carbonyl (C=O) groups excluding carboxylic acids is 2. The van der Waals surface area contributed by atoms with Crippen molar-refractivity contribution in [1.82, 2.24) is 10.6 Å². The normalized spacial score (nSPS) is 29.0. The van der Waals surface area contributed by atoms with Crippen LogP contribution in [0.15, 0.2) is 24.3 Å². The van der Waals surface area contributed by atoms with Gasteiger partial charge < -0.3 is 20.8 Å². The Bertz CT molecular complexity index is 593. The summed E-state index contributed by atoms with van der Waals surface area (Å²) in [6.45, 7) is 0. The van der Waals surface area contributed by atoms with Gasteiger partial charge in [-0.2, -0.15) is 0 Å². The van der Waals surface area contributed by atoms with Crippen LogP contribution in [0.1, 0.15) is 72.1 Å². The van der Waals surface area contributed by atoms with Gasteiger partial charge in [-0.3, -0.25) is 9.59 Å². The minimum atomic E-state index is -0.536. The van der Waals surface area contributed by atoms with E-state index in [-0.39, 0.29) is 23.9 Å². The monoisotopic (exact) mass is 360 g/mol. The molecule has 0 aromatic heterocycles. The standard InChI is InChI=1S/C20H28N2O4/c23-17-11-5-3-9-15(17)21-19(25)13-7-1-2-8-14(13)20(26)22-16-10-4-6-12-18(16)24/h1-2,7-8,15-18,23-24H,3-6,9-12H2,(H,21,25)(H,22,26)/t15-,16+,17+,18-. The fourth-order valence-corrected chi connectivity index (χ4v) is 3.93. The fourth-order valence-electron chi connectivity index (χ4n) is 3.93. The Morgan fingerprint density at radius 3 is 1.50 bits per heavy atom. The largest absolute Gasteiger partial charge is 0.391 e. The van der Waals surface area contributed by atoms with E-state index in [1.54, 1.807) is 24.3 Å². The van der Waals surface area contributed by atoms with E-state index in [0.29, 0.717) is 24.0 Å². The fraction of sp³-hybridized carbons (Fsp3) is 0.600. The predicted octanol–water partition coefficient (Wildman–Crippen LogP) is 1.75. The topological polar surface area (TPSA) is 98.7 Å². The van der Waals surface area contributed by atoms with Crippen molar-refractivity contribution < 1.29 is 19.8 Å². The van der Waals surface area contributed by atoms with Crippen molar-refractivity contribution in [2.75, 3.05) is 0 Å². The number of nitrogens with one attached hydrogen (secondary N) is 2. The number of benzene rings is 1.